The molecule has 6 nitrogen and oxygen atoms in total. The Labute approximate surface area is 190 Å². The molecule has 0 unspecified atom stereocenters. The number of benzene rings is 2. The number of nitrogens with one attached hydrogen (secondary N) is 1. The van der Waals surface area contributed by atoms with E-state index >= 15 is 0 Å². The molecule has 0 radical (unpaired) electrons. The Morgan fingerprint density at radius 1 is 1.13 bits per heavy atom. The first-order chi connectivity index (χ1) is 14.8. The molecule has 1 aliphatic rings. The van der Waals surface area contributed by atoms with Gasteiger partial charge in [0.05, 0.1) is 28.5 Å². The number of aliphatic hydroxyl groups is 1. The van der Waals surface area contributed by atoms with Crippen LogP contribution in [0.5, 0.6) is 5.75 Å². The number of hydrogen-bond acceptors (Lipinski definition) is 4. The summed E-state index contributed by atoms with van der Waals surface area (Å²) in [5, 5.41) is 28.4. The van der Waals surface area contributed by atoms with Crippen LogP contribution in [-0.2, 0) is 0 Å². The fraction of sp³-hybridized carbons (Fsp3) is 0.304. The summed E-state index contributed by atoms with van der Waals surface area (Å²) in [4.78, 5) is 13.1. The number of aliphatic hydroxyl groups excluding tert-OH is 1. The predicted octanol–water partition coefficient (Wildman–Crippen LogP) is 4.89. The summed E-state index contributed by atoms with van der Waals surface area (Å²) >= 11 is 12.5. The lowest BCUT2D eigenvalue weighted by Gasteiger charge is -2.28. The lowest BCUT2D eigenvalue weighted by molar-refractivity contribution is 0.0713. The quantitative estimate of drug-likeness (QED) is 0.517. The predicted molar refractivity (Wildman–Crippen MR) is 121 cm³/mol. The molecule has 3 N–H and O–H groups in total. The Morgan fingerprint density at radius 2 is 1.84 bits per heavy atom. The number of phenols is 1. The number of carbonyl (C=O) groups excluding carboxylic acids is 1. The van der Waals surface area contributed by atoms with Crippen LogP contribution >= 0.6 is 23.2 Å². The second-order valence-corrected chi connectivity index (χ2v) is 8.65. The van der Waals surface area contributed by atoms with Gasteiger partial charge in [-0.15, -0.1) is 0 Å². The van der Waals surface area contributed by atoms with E-state index in [-0.39, 0.29) is 23.4 Å². The van der Waals surface area contributed by atoms with Gasteiger partial charge in [-0.1, -0.05) is 36.0 Å². The van der Waals surface area contributed by atoms with E-state index in [2.05, 4.69) is 10.4 Å². The summed E-state index contributed by atoms with van der Waals surface area (Å²) in [6.07, 6.45) is 2.79. The Morgan fingerprint density at radius 3 is 2.52 bits per heavy atom. The molecule has 1 aromatic heterocycles. The number of nitrogens with zero attached hydrogens (tertiary/aromatic N) is 2. The molecule has 1 saturated carbocycles. The van der Waals surface area contributed by atoms with Crippen molar-refractivity contribution in [2.75, 3.05) is 0 Å². The van der Waals surface area contributed by atoms with Gasteiger partial charge in [-0.25, -0.2) is 4.68 Å². The van der Waals surface area contributed by atoms with Crippen LogP contribution in [0.3, 0.4) is 0 Å². The van der Waals surface area contributed by atoms with Gasteiger partial charge in [-0.05, 0) is 62.2 Å². The number of aromatic hydroxyl groups is 1. The van der Waals surface area contributed by atoms with E-state index < -0.39 is 6.10 Å². The van der Waals surface area contributed by atoms with Crippen LogP contribution in [0.1, 0.15) is 41.7 Å². The van der Waals surface area contributed by atoms with Gasteiger partial charge in [-0.3, -0.25) is 4.79 Å². The first kappa shape index (κ1) is 21.7. The topological polar surface area (TPSA) is 87.4 Å². The molecule has 31 heavy (non-hydrogen) atoms. The molecule has 0 aliphatic heterocycles. The zero-order chi connectivity index (χ0) is 22.1. The maximum absolute atomic E-state index is 13.1. The van der Waals surface area contributed by atoms with Crippen molar-refractivity contribution in [1.82, 2.24) is 15.1 Å². The van der Waals surface area contributed by atoms with Crippen molar-refractivity contribution >= 4 is 29.1 Å². The molecule has 3 aromatic rings. The second-order valence-electron chi connectivity index (χ2n) is 7.81. The minimum atomic E-state index is -0.553. The number of carbonyl (C=O) groups is 1. The number of halogens is 2. The van der Waals surface area contributed by atoms with Crippen LogP contribution in [0.4, 0.5) is 0 Å². The van der Waals surface area contributed by atoms with E-state index in [1.165, 1.54) is 0 Å². The fourth-order valence-corrected chi connectivity index (χ4v) is 4.50. The van der Waals surface area contributed by atoms with Crippen LogP contribution in [-0.4, -0.2) is 38.0 Å². The van der Waals surface area contributed by atoms with Crippen molar-refractivity contribution in [3.8, 4) is 22.7 Å². The van der Waals surface area contributed by atoms with E-state index in [9.17, 15) is 15.0 Å². The molecular weight excluding hydrogens is 437 g/mol. The minimum Gasteiger partial charge on any atom is -0.508 e. The van der Waals surface area contributed by atoms with E-state index in [4.69, 9.17) is 23.2 Å². The van der Waals surface area contributed by atoms with Crippen molar-refractivity contribution in [2.24, 2.45) is 0 Å². The third kappa shape index (κ3) is 4.42. The van der Waals surface area contributed by atoms with Gasteiger partial charge < -0.3 is 15.5 Å². The maximum atomic E-state index is 13.1. The van der Waals surface area contributed by atoms with Crippen molar-refractivity contribution in [2.45, 2.75) is 44.8 Å². The monoisotopic (exact) mass is 459 g/mol. The van der Waals surface area contributed by atoms with Gasteiger partial charge in [0, 0.05) is 16.1 Å². The molecule has 162 valence electrons. The van der Waals surface area contributed by atoms with Crippen LogP contribution in [0.25, 0.3) is 16.9 Å². The fourth-order valence-electron chi connectivity index (χ4n) is 4.01. The summed E-state index contributed by atoms with van der Waals surface area (Å²) in [5.74, 6) is -0.200. The van der Waals surface area contributed by atoms with Gasteiger partial charge in [0.15, 0.2) is 5.69 Å². The van der Waals surface area contributed by atoms with Crippen LogP contribution in [0, 0.1) is 6.92 Å². The summed E-state index contributed by atoms with van der Waals surface area (Å²) < 4.78 is 1.62. The van der Waals surface area contributed by atoms with Crippen molar-refractivity contribution in [1.29, 1.82) is 0 Å². The normalized spacial score (nSPS) is 18.7. The molecule has 1 heterocycles. The number of aromatic nitrogens is 2. The van der Waals surface area contributed by atoms with E-state index in [1.807, 2.05) is 6.92 Å². The number of amides is 1. The van der Waals surface area contributed by atoms with Crippen LogP contribution < -0.4 is 5.32 Å². The van der Waals surface area contributed by atoms with Gasteiger partial charge in [0.25, 0.3) is 5.91 Å². The van der Waals surface area contributed by atoms with Crippen molar-refractivity contribution in [3.05, 3.63) is 63.8 Å². The first-order valence-electron chi connectivity index (χ1n) is 10.2. The summed E-state index contributed by atoms with van der Waals surface area (Å²) in [7, 11) is 0. The number of hydrogen-bond donors (Lipinski definition) is 3. The summed E-state index contributed by atoms with van der Waals surface area (Å²) in [5.41, 5.74) is 2.95. The molecule has 0 saturated heterocycles. The maximum Gasteiger partial charge on any atom is 0.272 e. The average molecular weight is 460 g/mol. The highest BCUT2D eigenvalue weighted by molar-refractivity contribution is 6.35. The highest BCUT2D eigenvalue weighted by atomic mass is 35.5. The zero-order valence-electron chi connectivity index (χ0n) is 17.0. The lowest BCUT2D eigenvalue weighted by atomic mass is 9.92. The zero-order valence-corrected chi connectivity index (χ0v) is 18.5. The van der Waals surface area contributed by atoms with E-state index in [0.717, 1.165) is 24.8 Å². The molecule has 1 amide bonds. The Bertz CT molecular complexity index is 1110. The molecule has 2 atom stereocenters. The SMILES string of the molecule is Cc1c(C(=O)N[C@H]2CCCC[C@H]2O)nn(-c2ccc(Cl)cc2Cl)c1-c1ccc(O)cc1. The largest absolute Gasteiger partial charge is 0.508 e. The second kappa shape index (κ2) is 8.91. The van der Waals surface area contributed by atoms with Gasteiger partial charge in [0.2, 0.25) is 0 Å². The molecule has 0 spiro atoms. The smallest absolute Gasteiger partial charge is 0.272 e. The van der Waals surface area contributed by atoms with Crippen LogP contribution in [0.15, 0.2) is 42.5 Å². The number of phenolic OH excluding ortho intramolecular Hbond substituents is 1. The average Bonchev–Trinajstić information content (AvgIpc) is 3.07. The number of rotatable bonds is 4. The molecule has 1 aliphatic carbocycles. The van der Waals surface area contributed by atoms with E-state index in [0.29, 0.717) is 33.4 Å². The third-order valence-corrected chi connectivity index (χ3v) is 6.20. The summed E-state index contributed by atoms with van der Waals surface area (Å²) in [6.45, 7) is 1.82. The molecule has 0 bridgehead atoms. The molecule has 8 heteroatoms. The standard InChI is InChI=1S/C23H23Cl2N3O3/c1-13-21(23(31)26-18-4-2-3-5-20(18)30)27-28(19-11-8-15(24)12-17(19)25)22(13)14-6-9-16(29)10-7-14/h6-12,18,20,29-30H,2-5H2,1H3,(H,26,31)/t18-,20+/m0/s1. The first-order valence-corrected chi connectivity index (χ1v) is 10.9. The molecule has 1 fully saturated rings. The molecular formula is C23H23Cl2N3O3. The van der Waals surface area contributed by atoms with E-state index in [1.54, 1.807) is 47.1 Å². The Hall–Kier alpha value is -2.54. The molecule has 2 aromatic carbocycles. The Balaban J connectivity index is 1.80. The van der Waals surface area contributed by atoms with Crippen molar-refractivity contribution < 1.29 is 15.0 Å². The van der Waals surface area contributed by atoms with Gasteiger partial charge >= 0.3 is 0 Å². The highest BCUT2D eigenvalue weighted by Gasteiger charge is 2.28. The third-order valence-electron chi connectivity index (χ3n) is 5.66. The minimum absolute atomic E-state index is 0.140. The molecule has 4 rings (SSSR count). The summed E-state index contributed by atoms with van der Waals surface area (Å²) in [6, 6.07) is 11.4. The highest BCUT2D eigenvalue weighted by Crippen LogP contribution is 2.33. The van der Waals surface area contributed by atoms with Gasteiger partial charge in [0.1, 0.15) is 5.75 Å². The van der Waals surface area contributed by atoms with Gasteiger partial charge in [-0.2, -0.15) is 5.10 Å². The Kier molecular flexibility index (Phi) is 6.23. The lowest BCUT2D eigenvalue weighted by Crippen LogP contribution is -2.45. The van der Waals surface area contributed by atoms with Crippen molar-refractivity contribution in [3.63, 3.8) is 0 Å². The van der Waals surface area contributed by atoms with Crippen LogP contribution in [0.2, 0.25) is 10.0 Å².